The van der Waals surface area contributed by atoms with Crippen LogP contribution < -0.4 is 27.1 Å². The van der Waals surface area contributed by atoms with Gasteiger partial charge >= 0.3 is 6.03 Å². The Kier molecular flexibility index (Phi) is 10.7. The van der Waals surface area contributed by atoms with Crippen molar-refractivity contribution in [2.75, 3.05) is 26.0 Å². The molecule has 0 saturated carbocycles. The highest BCUT2D eigenvalue weighted by Crippen LogP contribution is 2.38. The van der Waals surface area contributed by atoms with Gasteiger partial charge in [0.15, 0.2) is 0 Å². The summed E-state index contributed by atoms with van der Waals surface area (Å²) < 4.78 is 32.9. The van der Waals surface area contributed by atoms with Crippen LogP contribution in [0.5, 0.6) is 0 Å². The van der Waals surface area contributed by atoms with Crippen molar-refractivity contribution in [3.8, 4) is 16.1 Å². The molecule has 0 radical (unpaired) electrons. The molecule has 0 aliphatic carbocycles. The monoisotopic (exact) mass is 722 g/mol. The van der Waals surface area contributed by atoms with E-state index in [1.165, 1.54) is 44.9 Å². The van der Waals surface area contributed by atoms with E-state index in [1.807, 2.05) is 31.0 Å². The summed E-state index contributed by atoms with van der Waals surface area (Å²) in [5, 5.41) is 17.6. The van der Waals surface area contributed by atoms with Crippen molar-refractivity contribution in [1.82, 2.24) is 29.7 Å². The molecule has 3 aromatic heterocycles. The number of hydrogen-bond acceptors (Lipinski definition) is 7. The van der Waals surface area contributed by atoms with Crippen LogP contribution in [0.25, 0.3) is 26.3 Å². The van der Waals surface area contributed by atoms with E-state index in [0.717, 1.165) is 5.56 Å². The summed E-state index contributed by atoms with van der Waals surface area (Å²) in [4.78, 5) is 46.4. The number of nitrogens with zero attached hydrogens (tertiary/aromatic N) is 4. The molecule has 0 spiro atoms. The van der Waals surface area contributed by atoms with E-state index in [9.17, 15) is 19.8 Å². The average Bonchev–Trinajstić information content (AvgIpc) is 3.50. The van der Waals surface area contributed by atoms with Gasteiger partial charge in [0.25, 0.3) is 11.5 Å². The van der Waals surface area contributed by atoms with Crippen molar-refractivity contribution < 1.29 is 18.4 Å². The fourth-order valence-electron chi connectivity index (χ4n) is 5.92. The zero-order valence-corrected chi connectivity index (χ0v) is 29.5. The highest BCUT2D eigenvalue weighted by molar-refractivity contribution is 7.22. The Balaban J connectivity index is 1.54. The molecule has 11 nitrogen and oxygen atoms in total. The maximum atomic E-state index is 15.1. The van der Waals surface area contributed by atoms with E-state index in [4.69, 9.17) is 0 Å². The Morgan fingerprint density at radius 1 is 0.923 bits per heavy atom. The molecule has 4 N–H and O–H groups in total. The Labute approximate surface area is 301 Å². The molecule has 0 bridgehead atoms. The number of fused-ring (bicyclic) bond motifs is 1. The lowest BCUT2D eigenvalue weighted by Crippen LogP contribution is -2.39. The lowest BCUT2D eigenvalue weighted by molar-refractivity contribution is 0.0962. The van der Waals surface area contributed by atoms with Crippen LogP contribution in [0, 0.1) is 17.0 Å². The van der Waals surface area contributed by atoms with Gasteiger partial charge in [0.1, 0.15) is 16.5 Å². The SMILES string of the molecule is CCNC(=O)Nc1ccc(-c2sc3c(c2CN(C)Cc2ccc(C(=O)NC)cn2)c(=O)n(-c2ccccc2)c(=N)n3Cc2c(F)cccc2F)cc1. The summed E-state index contributed by atoms with van der Waals surface area (Å²) in [6.45, 7) is 2.56. The fourth-order valence-corrected chi connectivity index (χ4v) is 7.23. The van der Waals surface area contributed by atoms with E-state index < -0.39 is 17.2 Å². The fraction of sp³-hybridized carbons (Fsp3) is 0.184. The third-order valence-electron chi connectivity index (χ3n) is 8.43. The molecule has 0 aliphatic heterocycles. The van der Waals surface area contributed by atoms with Crippen LogP contribution >= 0.6 is 11.3 Å². The molecule has 0 unspecified atom stereocenters. The number of anilines is 1. The molecule has 0 fully saturated rings. The third kappa shape index (κ3) is 7.38. The number of hydrogen-bond donors (Lipinski definition) is 4. The number of rotatable bonds is 11. The Morgan fingerprint density at radius 2 is 1.63 bits per heavy atom. The first-order valence-corrected chi connectivity index (χ1v) is 17.3. The molecule has 0 atom stereocenters. The molecule has 52 heavy (non-hydrogen) atoms. The maximum absolute atomic E-state index is 15.1. The van der Waals surface area contributed by atoms with E-state index in [2.05, 4.69) is 20.9 Å². The number of carbonyl (C=O) groups excluding carboxylic acids is 2. The minimum atomic E-state index is -0.764. The minimum absolute atomic E-state index is 0.235. The number of urea groups is 1. The number of thiophene rings is 1. The first-order chi connectivity index (χ1) is 25.1. The number of amides is 3. The number of nitrogens with one attached hydrogen (secondary N) is 4. The van der Waals surface area contributed by atoms with Gasteiger partial charge in [-0.1, -0.05) is 36.4 Å². The second-order valence-electron chi connectivity index (χ2n) is 12.0. The van der Waals surface area contributed by atoms with E-state index in [0.29, 0.717) is 56.4 Å². The van der Waals surface area contributed by atoms with E-state index in [-0.39, 0.29) is 36.2 Å². The van der Waals surface area contributed by atoms with Crippen LogP contribution in [0.1, 0.15) is 34.1 Å². The van der Waals surface area contributed by atoms with Crippen LogP contribution in [0.3, 0.4) is 0 Å². The van der Waals surface area contributed by atoms with Gasteiger partial charge in [-0.3, -0.25) is 29.4 Å². The van der Waals surface area contributed by atoms with Gasteiger partial charge in [-0.25, -0.2) is 18.1 Å². The summed E-state index contributed by atoms with van der Waals surface area (Å²) in [7, 11) is 3.42. The molecular formula is C38H36F2N8O3S. The summed E-state index contributed by atoms with van der Waals surface area (Å²) >= 11 is 1.25. The molecule has 14 heteroatoms. The normalized spacial score (nSPS) is 11.2. The van der Waals surface area contributed by atoms with Crippen molar-refractivity contribution in [2.45, 2.75) is 26.6 Å². The number of benzene rings is 3. The van der Waals surface area contributed by atoms with Gasteiger partial charge in [0, 0.05) is 49.0 Å². The minimum Gasteiger partial charge on any atom is -0.355 e. The number of aromatic nitrogens is 3. The van der Waals surface area contributed by atoms with E-state index >= 15 is 8.78 Å². The number of halogens is 2. The zero-order valence-electron chi connectivity index (χ0n) is 28.7. The summed E-state index contributed by atoms with van der Waals surface area (Å²) in [6, 6.07) is 22.6. The lowest BCUT2D eigenvalue weighted by Gasteiger charge is -2.18. The third-order valence-corrected chi connectivity index (χ3v) is 9.73. The molecule has 3 amide bonds. The first-order valence-electron chi connectivity index (χ1n) is 16.4. The molecule has 0 aliphatic rings. The quantitative estimate of drug-likeness (QED) is 0.133. The van der Waals surface area contributed by atoms with Crippen LogP contribution in [0.2, 0.25) is 0 Å². The Bertz CT molecular complexity index is 2350. The topological polar surface area (TPSA) is 137 Å². The summed E-state index contributed by atoms with van der Waals surface area (Å²) in [6.07, 6.45) is 1.50. The van der Waals surface area contributed by atoms with Crippen molar-refractivity contribution in [3.05, 3.63) is 141 Å². The number of para-hydroxylation sites is 1. The van der Waals surface area contributed by atoms with Gasteiger partial charge in [-0.15, -0.1) is 11.3 Å². The number of carbonyl (C=O) groups is 2. The molecule has 266 valence electrons. The lowest BCUT2D eigenvalue weighted by atomic mass is 10.1. The molecule has 3 heterocycles. The second-order valence-corrected chi connectivity index (χ2v) is 13.0. The van der Waals surface area contributed by atoms with Gasteiger partial charge in [0.05, 0.1) is 28.9 Å². The molecule has 3 aromatic carbocycles. The predicted molar refractivity (Wildman–Crippen MR) is 198 cm³/mol. The van der Waals surface area contributed by atoms with Gasteiger partial charge in [0.2, 0.25) is 5.62 Å². The highest BCUT2D eigenvalue weighted by Gasteiger charge is 2.25. The predicted octanol–water partition coefficient (Wildman–Crippen LogP) is 5.85. The summed E-state index contributed by atoms with van der Waals surface area (Å²) in [5.74, 6) is -1.78. The number of pyridine rings is 1. The zero-order chi connectivity index (χ0) is 36.9. The smallest absolute Gasteiger partial charge is 0.319 e. The van der Waals surface area contributed by atoms with Crippen molar-refractivity contribution in [1.29, 1.82) is 5.41 Å². The van der Waals surface area contributed by atoms with Crippen LogP contribution in [-0.4, -0.2) is 51.6 Å². The van der Waals surface area contributed by atoms with Gasteiger partial charge in [-0.2, -0.15) is 0 Å². The molecule has 6 aromatic rings. The first kappa shape index (κ1) is 35.8. The molecule has 6 rings (SSSR count). The van der Waals surface area contributed by atoms with Crippen LogP contribution in [0.15, 0.2) is 95.9 Å². The van der Waals surface area contributed by atoms with Crippen molar-refractivity contribution in [2.24, 2.45) is 0 Å². The molecule has 0 saturated heterocycles. The van der Waals surface area contributed by atoms with Crippen molar-refractivity contribution >= 4 is 39.2 Å². The van der Waals surface area contributed by atoms with Crippen LogP contribution in [0.4, 0.5) is 19.3 Å². The Hall–Kier alpha value is -5.99. The maximum Gasteiger partial charge on any atom is 0.319 e. The van der Waals surface area contributed by atoms with Gasteiger partial charge in [-0.05, 0) is 73.6 Å². The Morgan fingerprint density at radius 3 is 2.27 bits per heavy atom. The van der Waals surface area contributed by atoms with Crippen molar-refractivity contribution in [3.63, 3.8) is 0 Å². The average molecular weight is 723 g/mol. The standard InChI is InChI=1S/C38H36F2N8O3S/c1-4-43-38(51)45-25-16-13-23(14-17-25)33-29(21-46(3)20-26-18-15-24(19-44-26)34(49)42-2)32-35(50)48(27-9-6-5-7-10-27)37(41)47(36(32)52-33)22-28-30(39)11-8-12-31(28)40/h5-19,41H,4,20-22H2,1-3H3,(H,42,49)(H2,43,45,51). The second kappa shape index (κ2) is 15.5. The highest BCUT2D eigenvalue weighted by atomic mass is 32.1. The molecular weight excluding hydrogens is 687 g/mol. The summed E-state index contributed by atoms with van der Waals surface area (Å²) in [5.41, 5.74) is 2.55. The van der Waals surface area contributed by atoms with E-state index in [1.54, 1.807) is 61.6 Å². The van der Waals surface area contributed by atoms with Crippen LogP contribution in [-0.2, 0) is 19.6 Å². The van der Waals surface area contributed by atoms with Gasteiger partial charge < -0.3 is 16.0 Å². The largest absolute Gasteiger partial charge is 0.355 e.